The number of methoxy groups -OCH3 is 1. The zero-order chi connectivity index (χ0) is 12.4. The van der Waals surface area contributed by atoms with Crippen LogP contribution in [0.25, 0.3) is 0 Å². The molecule has 1 aliphatic heterocycles. The van der Waals surface area contributed by atoms with Crippen molar-refractivity contribution in [2.45, 2.75) is 12.8 Å². The van der Waals surface area contributed by atoms with E-state index in [-0.39, 0.29) is 6.23 Å². The van der Waals surface area contributed by atoms with Crippen LogP contribution in [0.3, 0.4) is 0 Å². The molecule has 3 nitrogen and oxygen atoms in total. The van der Waals surface area contributed by atoms with E-state index in [9.17, 15) is 0 Å². The number of nitrogens with one attached hydrogen (secondary N) is 1. The summed E-state index contributed by atoms with van der Waals surface area (Å²) < 4.78 is 5.45. The van der Waals surface area contributed by atoms with Gasteiger partial charge in [0.05, 0.1) is 12.2 Å². The normalized spacial score (nSPS) is 17.8. The third-order valence-electron chi connectivity index (χ3n) is 3.20. The van der Waals surface area contributed by atoms with E-state index in [1.165, 1.54) is 16.8 Å². The monoisotopic (exact) mass is 240 g/mol. The molecule has 0 amide bonds. The van der Waals surface area contributed by atoms with Gasteiger partial charge in [0.1, 0.15) is 0 Å². The number of rotatable bonds is 3. The lowest BCUT2D eigenvalue weighted by atomic mass is 10.1. The lowest BCUT2D eigenvalue weighted by molar-refractivity contribution is 0.0806. The van der Waals surface area contributed by atoms with Crippen LogP contribution in [-0.2, 0) is 11.3 Å². The first-order chi connectivity index (χ1) is 8.88. The Morgan fingerprint density at radius 1 is 1.06 bits per heavy atom. The highest BCUT2D eigenvalue weighted by Crippen LogP contribution is 2.33. The number of anilines is 1. The number of ether oxygens (including phenoxy) is 1. The van der Waals surface area contributed by atoms with Crippen LogP contribution in [0.5, 0.6) is 0 Å². The number of hydrazine groups is 1. The van der Waals surface area contributed by atoms with Crippen molar-refractivity contribution in [1.29, 1.82) is 0 Å². The van der Waals surface area contributed by atoms with E-state index >= 15 is 0 Å². The minimum atomic E-state index is -0.0510. The Bertz CT molecular complexity index is 527. The quantitative estimate of drug-likeness (QED) is 0.892. The van der Waals surface area contributed by atoms with Gasteiger partial charge in [0.25, 0.3) is 0 Å². The lowest BCUT2D eigenvalue weighted by Crippen LogP contribution is -2.34. The number of hydrogen-bond acceptors (Lipinski definition) is 3. The molecule has 2 aromatic rings. The highest BCUT2D eigenvalue weighted by Gasteiger charge is 2.27. The third kappa shape index (κ3) is 1.98. The molecule has 0 aliphatic carbocycles. The minimum Gasteiger partial charge on any atom is -0.361 e. The van der Waals surface area contributed by atoms with Crippen LogP contribution in [0.2, 0.25) is 0 Å². The Morgan fingerprint density at radius 3 is 2.56 bits per heavy atom. The Labute approximate surface area is 107 Å². The fourth-order valence-electron chi connectivity index (χ4n) is 2.31. The van der Waals surface area contributed by atoms with Gasteiger partial charge in [0.15, 0.2) is 6.23 Å². The molecule has 1 unspecified atom stereocenters. The van der Waals surface area contributed by atoms with Crippen molar-refractivity contribution in [1.82, 2.24) is 5.43 Å². The van der Waals surface area contributed by atoms with Crippen LogP contribution < -0.4 is 10.4 Å². The fraction of sp³-hybridized carbons (Fsp3) is 0.200. The Morgan fingerprint density at radius 2 is 1.78 bits per heavy atom. The van der Waals surface area contributed by atoms with Gasteiger partial charge in [-0.3, -0.25) is 0 Å². The molecule has 2 aromatic carbocycles. The zero-order valence-corrected chi connectivity index (χ0v) is 10.3. The van der Waals surface area contributed by atoms with E-state index < -0.39 is 0 Å². The molecular formula is C15H16N2O. The van der Waals surface area contributed by atoms with Gasteiger partial charge in [-0.25, -0.2) is 5.43 Å². The second-order valence-electron chi connectivity index (χ2n) is 4.38. The maximum atomic E-state index is 5.45. The van der Waals surface area contributed by atoms with Crippen molar-refractivity contribution in [3.63, 3.8) is 0 Å². The molecule has 3 rings (SSSR count). The van der Waals surface area contributed by atoms with Crippen molar-refractivity contribution in [2.24, 2.45) is 0 Å². The van der Waals surface area contributed by atoms with E-state index in [1.807, 2.05) is 12.1 Å². The summed E-state index contributed by atoms with van der Waals surface area (Å²) in [6.07, 6.45) is -0.0510. The smallest absolute Gasteiger partial charge is 0.152 e. The summed E-state index contributed by atoms with van der Waals surface area (Å²) in [5, 5.41) is 2.14. The molecule has 3 heteroatoms. The van der Waals surface area contributed by atoms with Gasteiger partial charge in [0, 0.05) is 12.7 Å². The van der Waals surface area contributed by atoms with Crippen LogP contribution in [0.1, 0.15) is 17.4 Å². The maximum absolute atomic E-state index is 5.45. The molecule has 1 aliphatic rings. The molecule has 0 fully saturated rings. The van der Waals surface area contributed by atoms with Crippen molar-refractivity contribution in [2.75, 3.05) is 12.1 Å². The molecule has 1 atom stereocenters. The fourth-order valence-corrected chi connectivity index (χ4v) is 2.31. The molecule has 1 heterocycles. The molecule has 0 aromatic heterocycles. The van der Waals surface area contributed by atoms with Crippen LogP contribution in [0.4, 0.5) is 5.69 Å². The topological polar surface area (TPSA) is 24.5 Å². The summed E-state index contributed by atoms with van der Waals surface area (Å²) in [7, 11) is 1.72. The highest BCUT2D eigenvalue weighted by atomic mass is 16.5. The molecule has 0 bridgehead atoms. The van der Waals surface area contributed by atoms with E-state index in [2.05, 4.69) is 52.9 Å². The molecule has 1 N–H and O–H groups in total. The van der Waals surface area contributed by atoms with Crippen LogP contribution in [0, 0.1) is 0 Å². The summed E-state index contributed by atoms with van der Waals surface area (Å²) in [4.78, 5) is 0. The summed E-state index contributed by atoms with van der Waals surface area (Å²) in [5.41, 5.74) is 7.02. The summed E-state index contributed by atoms with van der Waals surface area (Å²) in [6, 6.07) is 18.7. The number of hydrogen-bond donors (Lipinski definition) is 1. The third-order valence-corrected chi connectivity index (χ3v) is 3.20. The van der Waals surface area contributed by atoms with Crippen LogP contribution in [0.15, 0.2) is 54.6 Å². The van der Waals surface area contributed by atoms with Crippen molar-refractivity contribution >= 4 is 5.69 Å². The second kappa shape index (κ2) is 4.80. The van der Waals surface area contributed by atoms with E-state index in [4.69, 9.17) is 4.74 Å². The van der Waals surface area contributed by atoms with Crippen molar-refractivity contribution in [3.05, 3.63) is 65.7 Å². The van der Waals surface area contributed by atoms with Gasteiger partial charge in [-0.15, -0.1) is 0 Å². The number of nitrogens with zero attached hydrogens (tertiary/aromatic N) is 1. The second-order valence-corrected chi connectivity index (χ2v) is 4.38. The van der Waals surface area contributed by atoms with E-state index in [0.29, 0.717) is 0 Å². The van der Waals surface area contributed by atoms with Gasteiger partial charge in [-0.1, -0.05) is 48.5 Å². The predicted molar refractivity (Wildman–Crippen MR) is 72.0 cm³/mol. The first-order valence-electron chi connectivity index (χ1n) is 6.08. The Balaban J connectivity index is 1.87. The van der Waals surface area contributed by atoms with Gasteiger partial charge in [-0.05, 0) is 11.6 Å². The molecule has 0 radical (unpaired) electrons. The van der Waals surface area contributed by atoms with E-state index in [1.54, 1.807) is 7.11 Å². The van der Waals surface area contributed by atoms with Gasteiger partial charge >= 0.3 is 0 Å². The molecule has 0 saturated heterocycles. The Kier molecular flexibility index (Phi) is 3.00. The number of fused-ring (bicyclic) bond motifs is 1. The average Bonchev–Trinajstić information content (AvgIpc) is 2.78. The van der Waals surface area contributed by atoms with Gasteiger partial charge in [0.2, 0.25) is 0 Å². The SMILES string of the molecule is COC1NN(Cc2ccccc2)c2ccccc21. The number of benzene rings is 2. The van der Waals surface area contributed by atoms with Gasteiger partial charge < -0.3 is 9.75 Å². The molecule has 0 spiro atoms. The molecule has 18 heavy (non-hydrogen) atoms. The first kappa shape index (κ1) is 11.3. The summed E-state index contributed by atoms with van der Waals surface area (Å²) in [6.45, 7) is 0.831. The standard InChI is InChI=1S/C15H16N2O/c1-18-15-13-9-5-6-10-14(13)17(16-15)11-12-7-3-2-4-8-12/h2-10,15-16H,11H2,1H3. The summed E-state index contributed by atoms with van der Waals surface area (Å²) in [5.74, 6) is 0. The van der Waals surface area contributed by atoms with Crippen LogP contribution in [-0.4, -0.2) is 7.11 Å². The van der Waals surface area contributed by atoms with Crippen LogP contribution >= 0.6 is 0 Å². The first-order valence-corrected chi connectivity index (χ1v) is 6.08. The largest absolute Gasteiger partial charge is 0.361 e. The Hall–Kier alpha value is -1.84. The highest BCUT2D eigenvalue weighted by molar-refractivity contribution is 5.57. The number of para-hydroxylation sites is 1. The van der Waals surface area contributed by atoms with Crippen molar-refractivity contribution in [3.8, 4) is 0 Å². The average molecular weight is 240 g/mol. The van der Waals surface area contributed by atoms with Gasteiger partial charge in [-0.2, -0.15) is 0 Å². The minimum absolute atomic E-state index is 0.0510. The predicted octanol–water partition coefficient (Wildman–Crippen LogP) is 2.86. The molecule has 0 saturated carbocycles. The zero-order valence-electron chi connectivity index (χ0n) is 10.3. The van der Waals surface area contributed by atoms with E-state index in [0.717, 1.165) is 6.54 Å². The lowest BCUT2D eigenvalue weighted by Gasteiger charge is -2.20. The molecular weight excluding hydrogens is 224 g/mol. The molecule has 92 valence electrons. The maximum Gasteiger partial charge on any atom is 0.152 e. The summed E-state index contributed by atoms with van der Waals surface area (Å²) >= 11 is 0. The van der Waals surface area contributed by atoms with Crippen molar-refractivity contribution < 1.29 is 4.74 Å².